The first-order valence-electron chi connectivity index (χ1n) is 6.56. The lowest BCUT2D eigenvalue weighted by Crippen LogP contribution is -2.37. The first-order chi connectivity index (χ1) is 8.53. The van der Waals surface area contributed by atoms with Crippen molar-refractivity contribution in [1.82, 2.24) is 4.98 Å². The first-order valence-corrected chi connectivity index (χ1v) is 7.75. The van der Waals surface area contributed by atoms with Gasteiger partial charge in [0.25, 0.3) is 0 Å². The Morgan fingerprint density at radius 2 is 1.94 bits per heavy atom. The van der Waals surface area contributed by atoms with Crippen LogP contribution in [0.25, 0.3) is 0 Å². The van der Waals surface area contributed by atoms with E-state index in [4.69, 9.17) is 11.6 Å². The van der Waals surface area contributed by atoms with E-state index in [9.17, 15) is 5.11 Å². The van der Waals surface area contributed by atoms with Crippen molar-refractivity contribution >= 4 is 28.1 Å². The Bertz CT molecular complexity index is 364. The summed E-state index contributed by atoms with van der Waals surface area (Å²) in [5.41, 5.74) is 0. The second-order valence-corrected chi connectivity index (χ2v) is 6.31. The van der Waals surface area contributed by atoms with E-state index in [2.05, 4.69) is 37.6 Å². The molecule has 0 fully saturated rings. The molecule has 0 aromatic carbocycles. The average molecular weight is 291 g/mol. The van der Waals surface area contributed by atoms with Crippen LogP contribution in [0.1, 0.15) is 45.4 Å². The van der Waals surface area contributed by atoms with E-state index in [0.29, 0.717) is 17.1 Å². The minimum absolute atomic E-state index is 0.0328. The van der Waals surface area contributed by atoms with Gasteiger partial charge < -0.3 is 10.0 Å². The molecular weight excluding hydrogens is 268 g/mol. The van der Waals surface area contributed by atoms with E-state index in [1.165, 1.54) is 11.3 Å². The number of rotatable bonds is 7. The highest BCUT2D eigenvalue weighted by Crippen LogP contribution is 2.32. The molecule has 1 aromatic heterocycles. The van der Waals surface area contributed by atoms with Crippen LogP contribution in [0.4, 0.5) is 5.13 Å². The standard InChI is InChI=1S/C13H23ClN2OS/c1-5-10(6-2)16(7-9(3)4)13-15-12(14)11(8-17)18-13/h9-10,17H,5-8H2,1-4H3. The zero-order valence-electron chi connectivity index (χ0n) is 11.6. The number of aromatic nitrogens is 1. The third kappa shape index (κ3) is 3.84. The predicted molar refractivity (Wildman–Crippen MR) is 79.6 cm³/mol. The quantitative estimate of drug-likeness (QED) is 0.826. The number of anilines is 1. The number of halogens is 1. The minimum Gasteiger partial charge on any atom is -0.391 e. The van der Waals surface area contributed by atoms with E-state index in [-0.39, 0.29) is 6.61 Å². The SMILES string of the molecule is CCC(CC)N(CC(C)C)c1nc(Cl)c(CO)s1. The molecular formula is C13H23ClN2OS. The molecule has 0 bridgehead atoms. The van der Waals surface area contributed by atoms with Gasteiger partial charge in [0.1, 0.15) is 5.15 Å². The average Bonchev–Trinajstić information content (AvgIpc) is 2.70. The molecule has 0 spiro atoms. The Balaban J connectivity index is 3.00. The largest absolute Gasteiger partial charge is 0.391 e. The van der Waals surface area contributed by atoms with E-state index >= 15 is 0 Å². The van der Waals surface area contributed by atoms with E-state index < -0.39 is 0 Å². The van der Waals surface area contributed by atoms with Gasteiger partial charge in [-0.2, -0.15) is 0 Å². The molecule has 104 valence electrons. The third-order valence-electron chi connectivity index (χ3n) is 2.97. The Labute approximate surface area is 119 Å². The maximum absolute atomic E-state index is 9.22. The highest BCUT2D eigenvalue weighted by atomic mass is 35.5. The van der Waals surface area contributed by atoms with Gasteiger partial charge in [-0.15, -0.1) is 0 Å². The number of aliphatic hydroxyl groups is 1. The second-order valence-electron chi connectivity index (χ2n) is 4.89. The van der Waals surface area contributed by atoms with Gasteiger partial charge in [-0.05, 0) is 18.8 Å². The predicted octanol–water partition coefficient (Wildman–Crippen LogP) is 3.94. The number of hydrogen-bond acceptors (Lipinski definition) is 4. The van der Waals surface area contributed by atoms with Crippen LogP contribution in [0, 0.1) is 5.92 Å². The lowest BCUT2D eigenvalue weighted by atomic mass is 10.1. The molecule has 0 saturated heterocycles. The molecule has 0 aliphatic rings. The smallest absolute Gasteiger partial charge is 0.187 e. The van der Waals surface area contributed by atoms with E-state index in [1.807, 2.05) is 0 Å². The summed E-state index contributed by atoms with van der Waals surface area (Å²) in [6.07, 6.45) is 2.18. The lowest BCUT2D eigenvalue weighted by molar-refractivity contribution is 0.285. The zero-order chi connectivity index (χ0) is 13.7. The summed E-state index contributed by atoms with van der Waals surface area (Å²) in [4.78, 5) is 7.49. The molecule has 0 aliphatic carbocycles. The molecule has 3 nitrogen and oxygen atoms in total. The Morgan fingerprint density at radius 3 is 2.33 bits per heavy atom. The number of thiazole rings is 1. The summed E-state index contributed by atoms with van der Waals surface area (Å²) in [6, 6.07) is 0.487. The highest BCUT2D eigenvalue weighted by Gasteiger charge is 2.21. The van der Waals surface area contributed by atoms with Gasteiger partial charge in [0, 0.05) is 12.6 Å². The summed E-state index contributed by atoms with van der Waals surface area (Å²) in [5.74, 6) is 0.575. The normalized spacial score (nSPS) is 11.6. The maximum atomic E-state index is 9.22. The highest BCUT2D eigenvalue weighted by molar-refractivity contribution is 7.16. The fourth-order valence-electron chi connectivity index (χ4n) is 2.05. The fourth-order valence-corrected chi connectivity index (χ4v) is 3.25. The topological polar surface area (TPSA) is 36.4 Å². The Morgan fingerprint density at radius 1 is 1.33 bits per heavy atom. The summed E-state index contributed by atoms with van der Waals surface area (Å²) in [6.45, 7) is 9.75. The zero-order valence-corrected chi connectivity index (χ0v) is 13.2. The van der Waals surface area contributed by atoms with Gasteiger partial charge in [0.05, 0.1) is 11.5 Å². The number of aliphatic hydroxyl groups excluding tert-OH is 1. The first kappa shape index (κ1) is 15.7. The molecule has 1 heterocycles. The summed E-state index contributed by atoms with van der Waals surface area (Å²) < 4.78 is 0. The van der Waals surface area contributed by atoms with Crippen LogP contribution in [0.3, 0.4) is 0 Å². The minimum atomic E-state index is -0.0328. The van der Waals surface area contributed by atoms with Gasteiger partial charge >= 0.3 is 0 Å². The molecule has 1 rings (SSSR count). The third-order valence-corrected chi connectivity index (χ3v) is 4.47. The molecule has 0 unspecified atom stereocenters. The van der Waals surface area contributed by atoms with Gasteiger partial charge in [-0.3, -0.25) is 0 Å². The van der Waals surface area contributed by atoms with Crippen molar-refractivity contribution in [2.75, 3.05) is 11.4 Å². The van der Waals surface area contributed by atoms with Gasteiger partial charge in [-0.1, -0.05) is 50.6 Å². The summed E-state index contributed by atoms with van der Waals surface area (Å²) in [5, 5.41) is 10.6. The molecule has 0 amide bonds. The van der Waals surface area contributed by atoms with Gasteiger partial charge in [0.2, 0.25) is 0 Å². The summed E-state index contributed by atoms with van der Waals surface area (Å²) >= 11 is 7.53. The van der Waals surface area contributed by atoms with Crippen molar-refractivity contribution in [2.24, 2.45) is 5.92 Å². The molecule has 0 radical (unpaired) electrons. The number of nitrogens with zero attached hydrogens (tertiary/aromatic N) is 2. The van der Waals surface area contributed by atoms with Crippen molar-refractivity contribution in [1.29, 1.82) is 0 Å². The monoisotopic (exact) mass is 290 g/mol. The second kappa shape index (κ2) is 7.31. The van der Waals surface area contributed by atoms with Gasteiger partial charge in [0.15, 0.2) is 5.13 Å². The van der Waals surface area contributed by atoms with Crippen molar-refractivity contribution in [3.63, 3.8) is 0 Å². The van der Waals surface area contributed by atoms with Crippen LogP contribution in [0.2, 0.25) is 5.15 Å². The van der Waals surface area contributed by atoms with E-state index in [0.717, 1.165) is 29.4 Å². The molecule has 0 atom stereocenters. The van der Waals surface area contributed by atoms with E-state index in [1.54, 1.807) is 0 Å². The maximum Gasteiger partial charge on any atom is 0.187 e. The Hall–Kier alpha value is -0.320. The Kier molecular flexibility index (Phi) is 6.39. The molecule has 18 heavy (non-hydrogen) atoms. The van der Waals surface area contributed by atoms with Crippen LogP contribution < -0.4 is 4.90 Å². The molecule has 0 saturated carbocycles. The van der Waals surface area contributed by atoms with Crippen LogP contribution >= 0.6 is 22.9 Å². The lowest BCUT2D eigenvalue weighted by Gasteiger charge is -2.31. The van der Waals surface area contributed by atoms with Crippen LogP contribution in [-0.2, 0) is 6.61 Å². The van der Waals surface area contributed by atoms with Gasteiger partial charge in [-0.25, -0.2) is 4.98 Å². The van der Waals surface area contributed by atoms with Crippen LogP contribution in [0.5, 0.6) is 0 Å². The van der Waals surface area contributed by atoms with Crippen molar-refractivity contribution < 1.29 is 5.11 Å². The molecule has 0 aliphatic heterocycles. The van der Waals surface area contributed by atoms with Crippen molar-refractivity contribution in [2.45, 2.75) is 53.2 Å². The number of hydrogen-bond donors (Lipinski definition) is 1. The van der Waals surface area contributed by atoms with Crippen molar-refractivity contribution in [3.05, 3.63) is 10.0 Å². The summed E-state index contributed by atoms with van der Waals surface area (Å²) in [7, 11) is 0. The van der Waals surface area contributed by atoms with Crippen LogP contribution in [0.15, 0.2) is 0 Å². The van der Waals surface area contributed by atoms with Crippen molar-refractivity contribution in [3.8, 4) is 0 Å². The van der Waals surface area contributed by atoms with Crippen LogP contribution in [-0.4, -0.2) is 22.7 Å². The molecule has 1 N–H and O–H groups in total. The fraction of sp³-hybridized carbons (Fsp3) is 0.769. The molecule has 1 aromatic rings. The molecule has 5 heteroatoms.